The van der Waals surface area contributed by atoms with Crippen molar-refractivity contribution in [3.8, 4) is 0 Å². The fourth-order valence-electron chi connectivity index (χ4n) is 5.39. The van der Waals surface area contributed by atoms with Gasteiger partial charge in [-0.2, -0.15) is 0 Å². The Kier molecular flexibility index (Phi) is 2.76. The smallest absolute Gasteiger partial charge is 0.0656 e. The molecule has 5 rings (SSSR count). The molecule has 0 aliphatic heterocycles. The van der Waals surface area contributed by atoms with E-state index in [1.54, 1.807) is 0 Å². The van der Waals surface area contributed by atoms with Crippen LogP contribution in [0.3, 0.4) is 0 Å². The third-order valence-corrected chi connectivity index (χ3v) is 6.11. The minimum Gasteiger partial charge on any atom is -0.398 e. The zero-order chi connectivity index (χ0) is 13.9. The van der Waals surface area contributed by atoms with Crippen molar-refractivity contribution in [1.29, 1.82) is 0 Å². The molecule has 0 amide bonds. The summed E-state index contributed by atoms with van der Waals surface area (Å²) < 4.78 is 0. The lowest BCUT2D eigenvalue weighted by Gasteiger charge is -2.57. The number of nitrogens with two attached hydrogens (primary N) is 1. The fraction of sp³-hybridized carbons (Fsp3) is 0.647. The molecular weight excluding hydrogens is 268 g/mol. The summed E-state index contributed by atoms with van der Waals surface area (Å²) in [5.41, 5.74) is 9.30. The number of halogens is 1. The van der Waals surface area contributed by atoms with E-state index in [1.165, 1.54) is 49.8 Å². The topological polar surface area (TPSA) is 38.0 Å². The highest BCUT2D eigenvalue weighted by atomic mass is 35.5. The van der Waals surface area contributed by atoms with Gasteiger partial charge in [0.1, 0.15) is 0 Å². The maximum Gasteiger partial charge on any atom is 0.0656 e. The second-order valence-corrected chi connectivity index (χ2v) is 7.92. The quantitative estimate of drug-likeness (QED) is 0.781. The Morgan fingerprint density at radius 1 is 1.10 bits per heavy atom. The maximum atomic E-state index is 6.21. The van der Waals surface area contributed by atoms with E-state index in [2.05, 4.69) is 12.2 Å². The van der Waals surface area contributed by atoms with Gasteiger partial charge in [0.05, 0.1) is 10.7 Å². The standard InChI is InChI=1S/C17H23ClN2/c1-10-2-15(19)14(18)6-16(10)20-17-7-11-3-12(8-17)5-13(4-11)9-17/h2,6,11-13,20H,3-5,7-9,19H2,1H3. The largest absolute Gasteiger partial charge is 0.398 e. The van der Waals surface area contributed by atoms with E-state index in [0.29, 0.717) is 16.2 Å². The third kappa shape index (κ3) is 2.00. The first-order valence-corrected chi connectivity index (χ1v) is 8.25. The normalized spacial score (nSPS) is 38.2. The highest BCUT2D eigenvalue weighted by molar-refractivity contribution is 6.33. The fourth-order valence-corrected chi connectivity index (χ4v) is 5.55. The summed E-state index contributed by atoms with van der Waals surface area (Å²) >= 11 is 6.21. The Bertz CT molecular complexity index is 517. The van der Waals surface area contributed by atoms with Crippen LogP contribution < -0.4 is 11.1 Å². The predicted octanol–water partition coefficient (Wildman–Crippen LogP) is 4.61. The van der Waals surface area contributed by atoms with Crippen molar-refractivity contribution in [2.24, 2.45) is 17.8 Å². The first kappa shape index (κ1) is 12.8. The average molecular weight is 291 g/mol. The average Bonchev–Trinajstić information content (AvgIpc) is 2.34. The molecule has 0 heterocycles. The Morgan fingerprint density at radius 3 is 2.20 bits per heavy atom. The summed E-state index contributed by atoms with van der Waals surface area (Å²) in [5, 5.41) is 4.55. The molecule has 0 radical (unpaired) electrons. The molecule has 0 unspecified atom stereocenters. The predicted molar refractivity (Wildman–Crippen MR) is 85.1 cm³/mol. The van der Waals surface area contributed by atoms with Crippen LogP contribution in [0.25, 0.3) is 0 Å². The lowest BCUT2D eigenvalue weighted by Crippen LogP contribution is -2.54. The molecule has 20 heavy (non-hydrogen) atoms. The summed E-state index contributed by atoms with van der Waals surface area (Å²) in [4.78, 5) is 0. The van der Waals surface area contributed by atoms with Crippen molar-refractivity contribution < 1.29 is 0 Å². The van der Waals surface area contributed by atoms with Crippen LogP contribution in [0, 0.1) is 24.7 Å². The highest BCUT2D eigenvalue weighted by Gasteiger charge is 2.50. The minimum absolute atomic E-state index is 0.332. The molecule has 0 saturated heterocycles. The molecule has 0 aromatic heterocycles. The number of nitrogens with one attached hydrogen (secondary N) is 1. The molecule has 1 aromatic rings. The monoisotopic (exact) mass is 290 g/mol. The van der Waals surface area contributed by atoms with Crippen molar-refractivity contribution in [1.82, 2.24) is 0 Å². The summed E-state index contributed by atoms with van der Waals surface area (Å²) in [5.74, 6) is 2.87. The number of nitrogen functional groups attached to an aromatic ring is 1. The second-order valence-electron chi connectivity index (χ2n) is 7.51. The lowest BCUT2D eigenvalue weighted by molar-refractivity contribution is 0.0107. The molecule has 4 saturated carbocycles. The van der Waals surface area contributed by atoms with Crippen LogP contribution in [0.15, 0.2) is 12.1 Å². The zero-order valence-corrected chi connectivity index (χ0v) is 12.8. The van der Waals surface area contributed by atoms with E-state index in [4.69, 9.17) is 17.3 Å². The molecule has 0 spiro atoms. The minimum atomic E-state index is 0.332. The Labute approximate surface area is 126 Å². The Morgan fingerprint density at radius 2 is 1.65 bits per heavy atom. The van der Waals surface area contributed by atoms with Gasteiger partial charge in [0, 0.05) is 11.2 Å². The van der Waals surface area contributed by atoms with E-state index < -0.39 is 0 Å². The molecule has 3 heteroatoms. The number of anilines is 2. The van der Waals surface area contributed by atoms with Crippen molar-refractivity contribution >= 4 is 23.0 Å². The van der Waals surface area contributed by atoms with Crippen LogP contribution in [-0.2, 0) is 0 Å². The van der Waals surface area contributed by atoms with Crippen LogP contribution in [0.1, 0.15) is 44.1 Å². The summed E-state index contributed by atoms with van der Waals surface area (Å²) in [6.45, 7) is 2.12. The molecule has 4 aliphatic carbocycles. The van der Waals surface area contributed by atoms with Gasteiger partial charge in [-0.25, -0.2) is 0 Å². The lowest BCUT2D eigenvalue weighted by atomic mass is 9.53. The van der Waals surface area contributed by atoms with Gasteiger partial charge in [0.15, 0.2) is 0 Å². The van der Waals surface area contributed by atoms with Crippen molar-refractivity contribution in [3.63, 3.8) is 0 Å². The molecular formula is C17H23ClN2. The molecule has 0 atom stereocenters. The number of aryl methyl sites for hydroxylation is 1. The van der Waals surface area contributed by atoms with E-state index in [9.17, 15) is 0 Å². The van der Waals surface area contributed by atoms with E-state index in [-0.39, 0.29) is 0 Å². The van der Waals surface area contributed by atoms with Crippen LogP contribution in [0.5, 0.6) is 0 Å². The van der Waals surface area contributed by atoms with Crippen LogP contribution in [0.4, 0.5) is 11.4 Å². The van der Waals surface area contributed by atoms with Crippen molar-refractivity contribution in [3.05, 3.63) is 22.7 Å². The molecule has 2 nitrogen and oxygen atoms in total. The van der Waals surface area contributed by atoms with Gasteiger partial charge in [-0.05, 0) is 80.9 Å². The van der Waals surface area contributed by atoms with Crippen molar-refractivity contribution in [2.45, 2.75) is 51.0 Å². The number of benzene rings is 1. The SMILES string of the molecule is Cc1cc(N)c(Cl)cc1NC12CC3CC(CC(C3)C1)C2. The first-order chi connectivity index (χ1) is 9.53. The van der Waals surface area contributed by atoms with Crippen LogP contribution in [0.2, 0.25) is 5.02 Å². The first-order valence-electron chi connectivity index (χ1n) is 7.87. The van der Waals surface area contributed by atoms with Crippen molar-refractivity contribution in [2.75, 3.05) is 11.1 Å². The molecule has 1 aromatic carbocycles. The number of hydrogen-bond donors (Lipinski definition) is 2. The summed E-state index contributed by atoms with van der Waals surface area (Å²) in [6.07, 6.45) is 8.47. The molecule has 108 valence electrons. The van der Waals surface area contributed by atoms with Gasteiger partial charge in [-0.1, -0.05) is 11.6 Å². The zero-order valence-electron chi connectivity index (χ0n) is 12.1. The third-order valence-electron chi connectivity index (χ3n) is 5.78. The summed E-state index contributed by atoms with van der Waals surface area (Å²) in [6, 6.07) is 4.01. The highest BCUT2D eigenvalue weighted by Crippen LogP contribution is 2.56. The Balaban J connectivity index is 1.64. The maximum absolute atomic E-state index is 6.21. The van der Waals surface area contributed by atoms with Crippen LogP contribution in [-0.4, -0.2) is 5.54 Å². The number of rotatable bonds is 2. The van der Waals surface area contributed by atoms with Gasteiger partial charge < -0.3 is 11.1 Å². The Hall–Kier alpha value is -0.890. The van der Waals surface area contributed by atoms with Gasteiger partial charge >= 0.3 is 0 Å². The van der Waals surface area contributed by atoms with E-state index in [1.807, 2.05) is 12.1 Å². The second kappa shape index (κ2) is 4.30. The van der Waals surface area contributed by atoms with Gasteiger partial charge in [0.25, 0.3) is 0 Å². The summed E-state index contributed by atoms with van der Waals surface area (Å²) in [7, 11) is 0. The van der Waals surface area contributed by atoms with Gasteiger partial charge in [0.2, 0.25) is 0 Å². The van der Waals surface area contributed by atoms with Crippen LogP contribution >= 0.6 is 11.6 Å². The van der Waals surface area contributed by atoms with Gasteiger partial charge in [-0.3, -0.25) is 0 Å². The molecule has 3 N–H and O–H groups in total. The van der Waals surface area contributed by atoms with E-state index >= 15 is 0 Å². The molecule has 4 aliphatic rings. The van der Waals surface area contributed by atoms with Gasteiger partial charge in [-0.15, -0.1) is 0 Å². The number of hydrogen-bond acceptors (Lipinski definition) is 2. The molecule has 4 fully saturated rings. The molecule has 4 bridgehead atoms. The van der Waals surface area contributed by atoms with E-state index in [0.717, 1.165) is 17.8 Å².